The van der Waals surface area contributed by atoms with Gasteiger partial charge >= 0.3 is 5.97 Å². The number of aliphatic hydroxyl groups excluding tert-OH is 1. The van der Waals surface area contributed by atoms with Crippen molar-refractivity contribution in [2.75, 3.05) is 25.6 Å². The lowest BCUT2D eigenvalue weighted by Gasteiger charge is -2.12. The first kappa shape index (κ1) is 17.0. The summed E-state index contributed by atoms with van der Waals surface area (Å²) in [5.41, 5.74) is 0.309. The summed E-state index contributed by atoms with van der Waals surface area (Å²) in [7, 11) is 1.26. The normalized spacial score (nSPS) is 10.4. The quantitative estimate of drug-likeness (QED) is 0.612. The number of nitrogens with one attached hydrogen (secondary N) is 1. The number of carbonyl (C=O) groups excluding carboxylic acids is 1. The molecule has 2 N–H and O–H groups in total. The van der Waals surface area contributed by atoms with Crippen LogP contribution in [0.3, 0.4) is 0 Å². The van der Waals surface area contributed by atoms with Crippen LogP contribution in [0.5, 0.6) is 0 Å². The first-order valence-electron chi connectivity index (χ1n) is 6.90. The molecule has 0 bridgehead atoms. The van der Waals surface area contributed by atoms with Crippen LogP contribution in [0.2, 0.25) is 5.02 Å². The predicted molar refractivity (Wildman–Crippen MR) is 86.4 cm³/mol. The van der Waals surface area contributed by atoms with Gasteiger partial charge < -0.3 is 15.2 Å². The zero-order valence-electron chi connectivity index (χ0n) is 12.5. The number of halogens is 1. The standard InChI is InChI=1S/C15H16ClN3O4/c1-23-15(22)10-5-2-3-6-12(10)19-14(21)13(16)11(9-18-19)17-7-4-8-20/h2-3,5-6,9,17,20H,4,7-8H2,1H3. The highest BCUT2D eigenvalue weighted by Crippen LogP contribution is 2.18. The second-order valence-electron chi connectivity index (χ2n) is 4.60. The van der Waals surface area contributed by atoms with Gasteiger partial charge in [-0.15, -0.1) is 0 Å². The van der Waals surface area contributed by atoms with Crippen molar-refractivity contribution < 1.29 is 14.6 Å². The lowest BCUT2D eigenvalue weighted by Crippen LogP contribution is -2.25. The molecule has 0 radical (unpaired) electrons. The van der Waals surface area contributed by atoms with E-state index in [1.165, 1.54) is 19.4 Å². The van der Waals surface area contributed by atoms with E-state index in [1.54, 1.807) is 18.2 Å². The fourth-order valence-corrected chi connectivity index (χ4v) is 2.17. The van der Waals surface area contributed by atoms with Gasteiger partial charge in [-0.05, 0) is 18.6 Å². The molecule has 2 rings (SSSR count). The highest BCUT2D eigenvalue weighted by molar-refractivity contribution is 6.32. The number of rotatable bonds is 6. The molecule has 7 nitrogen and oxygen atoms in total. The van der Waals surface area contributed by atoms with Crippen molar-refractivity contribution in [2.45, 2.75) is 6.42 Å². The summed E-state index contributed by atoms with van der Waals surface area (Å²) < 4.78 is 5.75. The summed E-state index contributed by atoms with van der Waals surface area (Å²) in [4.78, 5) is 24.2. The summed E-state index contributed by atoms with van der Waals surface area (Å²) in [6.45, 7) is 0.488. The number of aromatic nitrogens is 2. The van der Waals surface area contributed by atoms with Gasteiger partial charge in [0.2, 0.25) is 0 Å². The molecule has 0 aliphatic heterocycles. The van der Waals surface area contributed by atoms with Gasteiger partial charge in [-0.25, -0.2) is 4.79 Å². The molecule has 23 heavy (non-hydrogen) atoms. The molecule has 0 spiro atoms. The van der Waals surface area contributed by atoms with E-state index in [9.17, 15) is 9.59 Å². The molecule has 0 aliphatic rings. The molecule has 8 heteroatoms. The fraction of sp³-hybridized carbons (Fsp3) is 0.267. The predicted octanol–water partition coefficient (Wildman–Crippen LogP) is 1.47. The van der Waals surface area contributed by atoms with Crippen LogP contribution in [0.25, 0.3) is 5.69 Å². The van der Waals surface area contributed by atoms with Gasteiger partial charge in [0.1, 0.15) is 5.02 Å². The minimum atomic E-state index is -0.574. The Labute approximate surface area is 137 Å². The van der Waals surface area contributed by atoms with Gasteiger partial charge in [0, 0.05) is 13.2 Å². The largest absolute Gasteiger partial charge is 0.465 e. The maximum absolute atomic E-state index is 12.4. The second-order valence-corrected chi connectivity index (χ2v) is 4.98. The monoisotopic (exact) mass is 337 g/mol. The molecular formula is C15H16ClN3O4. The number of benzene rings is 1. The Hall–Kier alpha value is -2.38. The van der Waals surface area contributed by atoms with Crippen molar-refractivity contribution in [1.29, 1.82) is 0 Å². The molecule has 1 heterocycles. The molecule has 1 aromatic heterocycles. The van der Waals surface area contributed by atoms with Crippen LogP contribution >= 0.6 is 11.6 Å². The lowest BCUT2D eigenvalue weighted by molar-refractivity contribution is 0.0600. The van der Waals surface area contributed by atoms with E-state index in [4.69, 9.17) is 21.4 Å². The molecule has 0 aliphatic carbocycles. The summed E-state index contributed by atoms with van der Waals surface area (Å²) >= 11 is 6.08. The Morgan fingerprint density at radius 1 is 1.43 bits per heavy atom. The van der Waals surface area contributed by atoms with Crippen LogP contribution in [0.15, 0.2) is 35.3 Å². The van der Waals surface area contributed by atoms with Crippen LogP contribution in [0, 0.1) is 0 Å². The maximum Gasteiger partial charge on any atom is 0.340 e. The maximum atomic E-state index is 12.4. The first-order valence-corrected chi connectivity index (χ1v) is 7.28. The zero-order chi connectivity index (χ0) is 16.8. The highest BCUT2D eigenvalue weighted by Gasteiger charge is 2.17. The fourth-order valence-electron chi connectivity index (χ4n) is 1.97. The van der Waals surface area contributed by atoms with Gasteiger partial charge in [-0.3, -0.25) is 4.79 Å². The van der Waals surface area contributed by atoms with Gasteiger partial charge in [-0.1, -0.05) is 23.7 Å². The summed E-state index contributed by atoms with van der Waals surface area (Å²) in [5, 5.41) is 15.7. The van der Waals surface area contributed by atoms with Crippen molar-refractivity contribution in [3.8, 4) is 5.69 Å². The molecule has 0 atom stereocenters. The minimum Gasteiger partial charge on any atom is -0.465 e. The third-order valence-electron chi connectivity index (χ3n) is 3.11. The van der Waals surface area contributed by atoms with Gasteiger partial charge in [-0.2, -0.15) is 9.78 Å². The third kappa shape index (κ3) is 3.69. The number of methoxy groups -OCH3 is 1. The second kappa shape index (κ2) is 7.75. The summed E-state index contributed by atoms with van der Waals surface area (Å²) in [6, 6.07) is 6.46. The number of para-hydroxylation sites is 1. The van der Waals surface area contributed by atoms with Crippen LogP contribution in [0.4, 0.5) is 5.69 Å². The summed E-state index contributed by atoms with van der Waals surface area (Å²) in [5.74, 6) is -0.574. The number of carbonyl (C=O) groups is 1. The molecule has 122 valence electrons. The third-order valence-corrected chi connectivity index (χ3v) is 3.47. The van der Waals surface area contributed by atoms with Gasteiger partial charge in [0.25, 0.3) is 5.56 Å². The highest BCUT2D eigenvalue weighted by atomic mass is 35.5. The smallest absolute Gasteiger partial charge is 0.340 e. The number of anilines is 1. The van der Waals surface area contributed by atoms with Crippen LogP contribution in [-0.2, 0) is 4.74 Å². The van der Waals surface area contributed by atoms with E-state index in [-0.39, 0.29) is 22.9 Å². The Balaban J connectivity index is 2.44. The van der Waals surface area contributed by atoms with Crippen LogP contribution in [-0.4, -0.2) is 41.1 Å². The molecule has 0 unspecified atom stereocenters. The van der Waals surface area contributed by atoms with Crippen LogP contribution < -0.4 is 10.9 Å². The van der Waals surface area contributed by atoms with Crippen LogP contribution in [0.1, 0.15) is 16.8 Å². The van der Waals surface area contributed by atoms with E-state index in [2.05, 4.69) is 10.4 Å². The molecule has 0 saturated carbocycles. The number of hydrogen-bond donors (Lipinski definition) is 2. The first-order chi connectivity index (χ1) is 11.1. The minimum absolute atomic E-state index is 0.0294. The van der Waals surface area contributed by atoms with E-state index >= 15 is 0 Å². The Morgan fingerprint density at radius 3 is 2.87 bits per heavy atom. The molecular weight excluding hydrogens is 322 g/mol. The van der Waals surface area contributed by atoms with Gasteiger partial charge in [0.05, 0.1) is 30.2 Å². The molecule has 0 amide bonds. The van der Waals surface area contributed by atoms with Crippen molar-refractivity contribution >= 4 is 23.3 Å². The van der Waals surface area contributed by atoms with Crippen molar-refractivity contribution in [3.63, 3.8) is 0 Å². The molecule has 0 saturated heterocycles. The Bertz CT molecular complexity index is 761. The molecule has 1 aromatic carbocycles. The van der Waals surface area contributed by atoms with Crippen molar-refractivity contribution in [1.82, 2.24) is 9.78 Å². The van der Waals surface area contributed by atoms with E-state index in [0.717, 1.165) is 4.68 Å². The SMILES string of the molecule is COC(=O)c1ccccc1-n1ncc(NCCCO)c(Cl)c1=O. The van der Waals surface area contributed by atoms with E-state index < -0.39 is 11.5 Å². The Kier molecular flexibility index (Phi) is 5.72. The van der Waals surface area contributed by atoms with Gasteiger partial charge in [0.15, 0.2) is 0 Å². The number of nitrogens with zero attached hydrogens (tertiary/aromatic N) is 2. The van der Waals surface area contributed by atoms with Crippen molar-refractivity contribution in [3.05, 3.63) is 51.4 Å². The Morgan fingerprint density at radius 2 is 2.17 bits per heavy atom. The number of hydrogen-bond acceptors (Lipinski definition) is 6. The molecule has 0 fully saturated rings. The van der Waals surface area contributed by atoms with E-state index in [0.29, 0.717) is 18.7 Å². The topological polar surface area (TPSA) is 93.5 Å². The van der Waals surface area contributed by atoms with E-state index in [1.807, 2.05) is 0 Å². The number of ether oxygens (including phenoxy) is 1. The molecule has 2 aromatic rings. The zero-order valence-corrected chi connectivity index (χ0v) is 13.2. The number of aliphatic hydroxyl groups is 1. The summed E-state index contributed by atoms with van der Waals surface area (Å²) in [6.07, 6.45) is 1.92. The van der Waals surface area contributed by atoms with Crippen molar-refractivity contribution in [2.24, 2.45) is 0 Å². The number of esters is 1. The average molecular weight is 338 g/mol. The average Bonchev–Trinajstić information content (AvgIpc) is 2.58. The lowest BCUT2D eigenvalue weighted by atomic mass is 10.2.